The lowest BCUT2D eigenvalue weighted by Gasteiger charge is -2.07. The third kappa shape index (κ3) is 5.61. The van der Waals surface area contributed by atoms with Gasteiger partial charge < -0.3 is 10.3 Å². The first-order valence-electron chi connectivity index (χ1n) is 13.2. The van der Waals surface area contributed by atoms with Crippen molar-refractivity contribution in [3.8, 4) is 33.9 Å². The van der Waals surface area contributed by atoms with Crippen molar-refractivity contribution in [1.82, 2.24) is 30.1 Å². The molecule has 0 fully saturated rings. The van der Waals surface area contributed by atoms with Crippen LogP contribution < -0.4 is 5.32 Å². The molecule has 10 nitrogen and oxygen atoms in total. The summed E-state index contributed by atoms with van der Waals surface area (Å²) in [6.07, 6.45) is 8.33. The fourth-order valence-corrected chi connectivity index (χ4v) is 5.43. The molecule has 6 rings (SSSR count). The molecule has 3 N–H and O–H groups in total. The molecule has 6 aromatic rings. The van der Waals surface area contributed by atoms with Gasteiger partial charge in [0.25, 0.3) is 0 Å². The van der Waals surface area contributed by atoms with Crippen molar-refractivity contribution in [2.45, 2.75) is 19.8 Å². The number of rotatable bonds is 8. The van der Waals surface area contributed by atoms with Crippen LogP contribution in [0.1, 0.15) is 18.9 Å². The molecule has 0 aliphatic carbocycles. The highest BCUT2D eigenvalue weighted by Gasteiger charge is 2.17. The first kappa shape index (κ1) is 27.2. The van der Waals surface area contributed by atoms with E-state index in [9.17, 15) is 17.6 Å². The fraction of sp³-hybridized carbons (Fsp3) is 0.167. The van der Waals surface area contributed by atoms with Crippen LogP contribution in [-0.2, 0) is 21.1 Å². The van der Waals surface area contributed by atoms with Crippen LogP contribution in [0.5, 0.6) is 0 Å². The smallest absolute Gasteiger partial charge is 0.224 e. The standard InChI is InChI=1S/C30H26FN7O3S/c1-3-28(39)35-21-11-19(14-32-15-21)25-12-23-27(16-34-25)37-38-30(23)26-13-22-24(36-26)4-6-33-29(22)18-8-17(9-20(31)10-18)5-7-42(2,40)41/h4,6,8-16,36H,3,5,7H2,1-2H3,(H,35,39)(H,37,38). The highest BCUT2D eigenvalue weighted by molar-refractivity contribution is 7.90. The van der Waals surface area contributed by atoms with Crippen LogP contribution >= 0.6 is 0 Å². The van der Waals surface area contributed by atoms with Crippen LogP contribution in [0.3, 0.4) is 0 Å². The molecule has 1 aromatic carbocycles. The molecule has 0 radical (unpaired) electrons. The first-order valence-corrected chi connectivity index (χ1v) is 15.3. The Kier molecular flexibility index (Phi) is 6.99. The van der Waals surface area contributed by atoms with Gasteiger partial charge in [0.2, 0.25) is 5.91 Å². The predicted molar refractivity (Wildman–Crippen MR) is 160 cm³/mol. The van der Waals surface area contributed by atoms with E-state index in [0.717, 1.165) is 39.3 Å². The maximum Gasteiger partial charge on any atom is 0.224 e. The molecule has 0 saturated carbocycles. The minimum atomic E-state index is -3.19. The van der Waals surface area contributed by atoms with E-state index in [-0.39, 0.29) is 18.1 Å². The number of aryl methyl sites for hydroxylation is 1. The van der Waals surface area contributed by atoms with Gasteiger partial charge in [-0.2, -0.15) is 5.10 Å². The summed E-state index contributed by atoms with van der Waals surface area (Å²) >= 11 is 0. The number of hydrogen-bond donors (Lipinski definition) is 3. The summed E-state index contributed by atoms with van der Waals surface area (Å²) in [4.78, 5) is 28.6. The van der Waals surface area contributed by atoms with Crippen molar-refractivity contribution < 1.29 is 17.6 Å². The number of carbonyl (C=O) groups excluding carboxylic acids is 1. The zero-order valence-corrected chi connectivity index (χ0v) is 23.6. The summed E-state index contributed by atoms with van der Waals surface area (Å²) in [7, 11) is -3.19. The van der Waals surface area contributed by atoms with Crippen LogP contribution in [-0.4, -0.2) is 56.5 Å². The average molecular weight is 584 g/mol. The first-order chi connectivity index (χ1) is 20.2. The van der Waals surface area contributed by atoms with Gasteiger partial charge in [0.1, 0.15) is 21.3 Å². The van der Waals surface area contributed by atoms with Gasteiger partial charge in [-0.1, -0.05) is 6.92 Å². The number of aromatic amines is 2. The zero-order valence-electron chi connectivity index (χ0n) is 22.8. The van der Waals surface area contributed by atoms with Crippen molar-refractivity contribution in [3.05, 3.63) is 78.6 Å². The molecule has 0 unspecified atom stereocenters. The van der Waals surface area contributed by atoms with E-state index < -0.39 is 15.7 Å². The van der Waals surface area contributed by atoms with Gasteiger partial charge in [-0.15, -0.1) is 0 Å². The van der Waals surface area contributed by atoms with Crippen LogP contribution in [0.2, 0.25) is 0 Å². The number of halogens is 1. The van der Waals surface area contributed by atoms with E-state index in [1.165, 1.54) is 12.1 Å². The summed E-state index contributed by atoms with van der Waals surface area (Å²) < 4.78 is 37.9. The third-order valence-corrected chi connectivity index (χ3v) is 7.83. The van der Waals surface area contributed by atoms with Gasteiger partial charge in [-0.25, -0.2) is 12.8 Å². The Hall–Kier alpha value is -4.97. The van der Waals surface area contributed by atoms with E-state index in [2.05, 4.69) is 35.5 Å². The highest BCUT2D eigenvalue weighted by Crippen LogP contribution is 2.34. The normalized spacial score (nSPS) is 11.8. The second-order valence-corrected chi connectivity index (χ2v) is 12.3. The second kappa shape index (κ2) is 10.8. The van der Waals surface area contributed by atoms with E-state index in [1.54, 1.807) is 37.8 Å². The number of sulfone groups is 1. The van der Waals surface area contributed by atoms with E-state index >= 15 is 0 Å². The average Bonchev–Trinajstić information content (AvgIpc) is 3.59. The topological polar surface area (TPSA) is 146 Å². The Morgan fingerprint density at radius 2 is 1.79 bits per heavy atom. The van der Waals surface area contributed by atoms with Crippen LogP contribution in [0, 0.1) is 5.82 Å². The van der Waals surface area contributed by atoms with Gasteiger partial charge >= 0.3 is 0 Å². The molecule has 5 heterocycles. The van der Waals surface area contributed by atoms with Crippen molar-refractivity contribution in [1.29, 1.82) is 0 Å². The van der Waals surface area contributed by atoms with Gasteiger partial charge in [0, 0.05) is 52.5 Å². The summed E-state index contributed by atoms with van der Waals surface area (Å²) in [5.41, 5.74) is 6.57. The monoisotopic (exact) mass is 583 g/mol. The van der Waals surface area contributed by atoms with Gasteiger partial charge in [-0.3, -0.25) is 24.8 Å². The summed E-state index contributed by atoms with van der Waals surface area (Å²) in [6, 6.07) is 12.0. The molecule has 1 amide bonds. The number of pyridine rings is 3. The van der Waals surface area contributed by atoms with Crippen LogP contribution in [0.25, 0.3) is 55.7 Å². The summed E-state index contributed by atoms with van der Waals surface area (Å²) in [5, 5.41) is 12.0. The zero-order chi connectivity index (χ0) is 29.4. The molecule has 0 atom stereocenters. The van der Waals surface area contributed by atoms with Gasteiger partial charge in [0.15, 0.2) is 0 Å². The minimum absolute atomic E-state index is 0.0708. The van der Waals surface area contributed by atoms with Gasteiger partial charge in [0.05, 0.1) is 46.4 Å². The quantitative estimate of drug-likeness (QED) is 0.220. The van der Waals surface area contributed by atoms with Crippen molar-refractivity contribution in [2.24, 2.45) is 0 Å². The number of carbonyl (C=O) groups is 1. The Morgan fingerprint density at radius 3 is 2.60 bits per heavy atom. The number of benzene rings is 1. The lowest BCUT2D eigenvalue weighted by Crippen LogP contribution is -2.09. The number of nitrogens with zero attached hydrogens (tertiary/aromatic N) is 4. The molecule has 0 aliphatic heterocycles. The lowest BCUT2D eigenvalue weighted by atomic mass is 10.0. The van der Waals surface area contributed by atoms with E-state index in [1.807, 2.05) is 24.3 Å². The van der Waals surface area contributed by atoms with E-state index in [4.69, 9.17) is 0 Å². The number of amides is 1. The molecule has 0 bridgehead atoms. The fourth-order valence-electron chi connectivity index (χ4n) is 4.82. The number of nitrogens with one attached hydrogen (secondary N) is 3. The Balaban J connectivity index is 1.39. The SMILES string of the molecule is CCC(=O)Nc1cncc(-c2cc3c(-c4cc5c(-c6cc(F)cc(CCS(C)(=O)=O)c6)nccc5[nH]4)n[nH]c3cn2)c1. The molecule has 12 heteroatoms. The maximum atomic E-state index is 14.6. The Labute approximate surface area is 240 Å². The van der Waals surface area contributed by atoms with Crippen LogP contribution in [0.4, 0.5) is 10.1 Å². The van der Waals surface area contributed by atoms with Crippen molar-refractivity contribution >= 4 is 43.2 Å². The minimum Gasteiger partial charge on any atom is -0.353 e. The lowest BCUT2D eigenvalue weighted by molar-refractivity contribution is -0.115. The Morgan fingerprint density at radius 1 is 0.952 bits per heavy atom. The summed E-state index contributed by atoms with van der Waals surface area (Å²) in [5.74, 6) is -0.638. The number of anilines is 1. The molecule has 0 spiro atoms. The van der Waals surface area contributed by atoms with Crippen molar-refractivity contribution in [3.63, 3.8) is 0 Å². The predicted octanol–water partition coefficient (Wildman–Crippen LogP) is 5.30. The summed E-state index contributed by atoms with van der Waals surface area (Å²) in [6.45, 7) is 1.78. The number of hydrogen-bond acceptors (Lipinski definition) is 7. The molecule has 42 heavy (non-hydrogen) atoms. The molecule has 0 aliphatic rings. The van der Waals surface area contributed by atoms with Gasteiger partial charge in [-0.05, 0) is 54.4 Å². The van der Waals surface area contributed by atoms with Crippen molar-refractivity contribution in [2.75, 3.05) is 17.3 Å². The number of H-pyrrole nitrogens is 2. The second-order valence-electron chi connectivity index (χ2n) is 10.1. The molecular formula is C30H26FN7O3S. The number of aromatic nitrogens is 6. The Bertz CT molecular complexity index is 2090. The van der Waals surface area contributed by atoms with Crippen LogP contribution in [0.15, 0.2) is 67.3 Å². The van der Waals surface area contributed by atoms with E-state index in [0.29, 0.717) is 40.3 Å². The third-order valence-electron chi connectivity index (χ3n) is 6.88. The number of fused-ring (bicyclic) bond motifs is 2. The molecule has 0 saturated heterocycles. The largest absolute Gasteiger partial charge is 0.353 e. The molecule has 5 aromatic heterocycles. The maximum absolute atomic E-state index is 14.6. The molecule has 212 valence electrons. The molecular weight excluding hydrogens is 557 g/mol. The highest BCUT2D eigenvalue weighted by atomic mass is 32.2.